The van der Waals surface area contributed by atoms with Crippen molar-refractivity contribution in [1.82, 2.24) is 0 Å². The van der Waals surface area contributed by atoms with Crippen LogP contribution in [0.15, 0.2) is 24.3 Å². The van der Waals surface area contributed by atoms with Crippen molar-refractivity contribution in [3.05, 3.63) is 24.3 Å². The van der Waals surface area contributed by atoms with E-state index in [9.17, 15) is 0 Å². The molecule has 19 heavy (non-hydrogen) atoms. The van der Waals surface area contributed by atoms with E-state index in [1.807, 2.05) is 24.3 Å². The molecule has 0 saturated heterocycles. The number of rotatable bonds is 3. The number of hydrogen-bond acceptors (Lipinski definition) is 3. The minimum atomic E-state index is 0.125. The molecular formula is C16H21NO2. The van der Waals surface area contributed by atoms with Crippen LogP contribution < -0.4 is 15.5 Å². The normalized spacial score (nSPS) is 39.3. The van der Waals surface area contributed by atoms with E-state index >= 15 is 0 Å². The Labute approximate surface area is 114 Å². The Morgan fingerprint density at radius 1 is 0.842 bits per heavy atom. The van der Waals surface area contributed by atoms with Crippen LogP contribution in [0, 0.1) is 17.8 Å². The smallest absolute Gasteiger partial charge is 0.147 e. The summed E-state index contributed by atoms with van der Waals surface area (Å²) in [4.78, 5) is 4.71. The number of hydrogen-bond donors (Lipinski definition) is 1. The first-order valence-electron chi connectivity index (χ1n) is 7.40. The Hall–Kier alpha value is -1.22. The molecule has 1 aromatic rings. The van der Waals surface area contributed by atoms with Crippen molar-refractivity contribution < 1.29 is 9.57 Å². The Morgan fingerprint density at radius 2 is 1.32 bits per heavy atom. The van der Waals surface area contributed by atoms with Gasteiger partial charge in [0.25, 0.3) is 0 Å². The fraction of sp³-hybridized carbons (Fsp3) is 0.625. The van der Waals surface area contributed by atoms with Gasteiger partial charge >= 0.3 is 0 Å². The first kappa shape index (κ1) is 11.6. The molecule has 4 bridgehead atoms. The molecule has 102 valence electrons. The third-order valence-corrected chi connectivity index (χ3v) is 5.28. The van der Waals surface area contributed by atoms with Crippen LogP contribution in [0.3, 0.4) is 0 Å². The van der Waals surface area contributed by atoms with Crippen LogP contribution in [0.2, 0.25) is 0 Å². The van der Waals surface area contributed by atoms with Gasteiger partial charge in [0.05, 0.1) is 0 Å². The molecule has 4 fully saturated rings. The number of nitrogens with two attached hydrogens (primary N) is 1. The van der Waals surface area contributed by atoms with Gasteiger partial charge in [-0.2, -0.15) is 5.90 Å². The second-order valence-corrected chi connectivity index (χ2v) is 6.79. The summed E-state index contributed by atoms with van der Waals surface area (Å²) in [6.45, 7) is 0. The molecule has 5 rings (SSSR count). The molecule has 0 heterocycles. The standard InChI is InChI=1S/C16H21NO2/c17-19-15-3-1-14(2-4-15)18-16-8-11-5-12(9-16)7-13(6-11)10-16/h1-4,11-13H,5-10,17H2. The van der Waals surface area contributed by atoms with E-state index in [1.165, 1.54) is 38.5 Å². The average molecular weight is 259 g/mol. The third kappa shape index (κ3) is 2.00. The van der Waals surface area contributed by atoms with Gasteiger partial charge in [-0.15, -0.1) is 0 Å². The highest BCUT2D eigenvalue weighted by molar-refractivity contribution is 5.31. The molecule has 4 aliphatic carbocycles. The lowest BCUT2D eigenvalue weighted by atomic mass is 9.54. The van der Waals surface area contributed by atoms with E-state index in [2.05, 4.69) is 0 Å². The van der Waals surface area contributed by atoms with Crippen molar-refractivity contribution in [3.8, 4) is 11.5 Å². The Balaban J connectivity index is 1.55. The maximum Gasteiger partial charge on any atom is 0.147 e. The zero-order chi connectivity index (χ0) is 12.9. The maximum atomic E-state index is 6.42. The molecule has 1 aromatic carbocycles. The van der Waals surface area contributed by atoms with Gasteiger partial charge in [-0.1, -0.05) is 0 Å². The van der Waals surface area contributed by atoms with Crippen LogP contribution in [-0.2, 0) is 0 Å². The Bertz CT molecular complexity index is 433. The second-order valence-electron chi connectivity index (χ2n) is 6.79. The van der Waals surface area contributed by atoms with E-state index in [1.54, 1.807) is 0 Å². The quantitative estimate of drug-likeness (QED) is 0.847. The van der Waals surface area contributed by atoms with E-state index in [-0.39, 0.29) is 5.60 Å². The molecule has 0 aliphatic heterocycles. The fourth-order valence-corrected chi connectivity index (χ4v) is 4.99. The Kier molecular flexibility index (Phi) is 2.52. The van der Waals surface area contributed by atoms with Crippen molar-refractivity contribution >= 4 is 0 Å². The first-order valence-corrected chi connectivity index (χ1v) is 7.40. The van der Waals surface area contributed by atoms with E-state index in [0.29, 0.717) is 5.75 Å². The molecule has 3 nitrogen and oxygen atoms in total. The number of benzene rings is 1. The van der Waals surface area contributed by atoms with Gasteiger partial charge < -0.3 is 9.57 Å². The van der Waals surface area contributed by atoms with Crippen LogP contribution >= 0.6 is 0 Å². The molecule has 4 saturated carbocycles. The summed E-state index contributed by atoms with van der Waals surface area (Å²) in [5.41, 5.74) is 0.125. The molecular weight excluding hydrogens is 238 g/mol. The largest absolute Gasteiger partial charge is 0.487 e. The van der Waals surface area contributed by atoms with E-state index < -0.39 is 0 Å². The summed E-state index contributed by atoms with van der Waals surface area (Å²) in [6.07, 6.45) is 8.12. The van der Waals surface area contributed by atoms with E-state index in [4.69, 9.17) is 15.5 Å². The van der Waals surface area contributed by atoms with Crippen LogP contribution in [0.4, 0.5) is 0 Å². The van der Waals surface area contributed by atoms with Crippen molar-refractivity contribution in [1.29, 1.82) is 0 Å². The summed E-state index contributed by atoms with van der Waals surface area (Å²) < 4.78 is 6.42. The molecule has 3 heteroatoms. The van der Waals surface area contributed by atoms with Crippen molar-refractivity contribution in [2.45, 2.75) is 44.1 Å². The molecule has 0 amide bonds. The van der Waals surface area contributed by atoms with Gasteiger partial charge in [-0.25, -0.2) is 0 Å². The molecule has 0 spiro atoms. The highest BCUT2D eigenvalue weighted by atomic mass is 16.6. The van der Waals surface area contributed by atoms with Gasteiger partial charge in [0.15, 0.2) is 0 Å². The van der Waals surface area contributed by atoms with Crippen LogP contribution in [-0.4, -0.2) is 5.60 Å². The topological polar surface area (TPSA) is 44.5 Å². The van der Waals surface area contributed by atoms with Gasteiger partial charge in [0.2, 0.25) is 0 Å². The van der Waals surface area contributed by atoms with Gasteiger partial charge in [-0.05, 0) is 80.5 Å². The van der Waals surface area contributed by atoms with Gasteiger partial charge in [0.1, 0.15) is 17.1 Å². The minimum absolute atomic E-state index is 0.125. The van der Waals surface area contributed by atoms with Crippen molar-refractivity contribution in [2.24, 2.45) is 23.7 Å². The van der Waals surface area contributed by atoms with Gasteiger partial charge in [-0.3, -0.25) is 0 Å². The molecule has 0 unspecified atom stereocenters. The molecule has 0 atom stereocenters. The summed E-state index contributed by atoms with van der Waals surface area (Å²) >= 11 is 0. The van der Waals surface area contributed by atoms with Crippen molar-refractivity contribution in [3.63, 3.8) is 0 Å². The first-order chi connectivity index (χ1) is 9.25. The Morgan fingerprint density at radius 3 is 1.79 bits per heavy atom. The summed E-state index contributed by atoms with van der Waals surface area (Å²) in [7, 11) is 0. The van der Waals surface area contributed by atoms with Gasteiger partial charge in [0, 0.05) is 0 Å². The molecule has 0 radical (unpaired) electrons. The lowest BCUT2D eigenvalue weighted by molar-refractivity contribution is -0.107. The monoisotopic (exact) mass is 259 g/mol. The van der Waals surface area contributed by atoms with Crippen LogP contribution in [0.5, 0.6) is 11.5 Å². The zero-order valence-corrected chi connectivity index (χ0v) is 11.2. The lowest BCUT2D eigenvalue weighted by Gasteiger charge is -2.56. The highest BCUT2D eigenvalue weighted by Gasteiger charge is 2.52. The molecule has 4 aliphatic rings. The molecule has 0 aromatic heterocycles. The average Bonchev–Trinajstić information content (AvgIpc) is 2.37. The molecule has 2 N–H and O–H groups in total. The predicted molar refractivity (Wildman–Crippen MR) is 72.8 cm³/mol. The van der Waals surface area contributed by atoms with Crippen LogP contribution in [0.25, 0.3) is 0 Å². The minimum Gasteiger partial charge on any atom is -0.487 e. The number of ether oxygens (including phenoxy) is 1. The van der Waals surface area contributed by atoms with Crippen molar-refractivity contribution in [2.75, 3.05) is 0 Å². The summed E-state index contributed by atoms with van der Waals surface area (Å²) in [5, 5.41) is 0. The lowest BCUT2D eigenvalue weighted by Crippen LogP contribution is -2.53. The van der Waals surface area contributed by atoms with E-state index in [0.717, 1.165) is 23.5 Å². The summed E-state index contributed by atoms with van der Waals surface area (Å²) in [5.74, 6) is 9.53. The highest BCUT2D eigenvalue weighted by Crippen LogP contribution is 2.57. The maximum absolute atomic E-state index is 6.42. The van der Waals surface area contributed by atoms with Crippen LogP contribution in [0.1, 0.15) is 38.5 Å². The SMILES string of the molecule is NOc1ccc(OC23CC4CC(CC(C4)C2)C3)cc1. The third-order valence-electron chi connectivity index (χ3n) is 5.28. The fourth-order valence-electron chi connectivity index (χ4n) is 4.99. The second kappa shape index (κ2) is 4.14. The predicted octanol–water partition coefficient (Wildman–Crippen LogP) is 3.29. The zero-order valence-electron chi connectivity index (χ0n) is 11.2. The summed E-state index contributed by atoms with van der Waals surface area (Å²) in [6, 6.07) is 7.69.